The molecule has 5 nitrogen and oxygen atoms in total. The molecular formula is C13H27N3O2. The van der Waals surface area contributed by atoms with Crippen molar-refractivity contribution in [3.05, 3.63) is 0 Å². The highest BCUT2D eigenvalue weighted by Crippen LogP contribution is 2.21. The van der Waals surface area contributed by atoms with Gasteiger partial charge in [-0.2, -0.15) is 0 Å². The van der Waals surface area contributed by atoms with Crippen LogP contribution in [0.4, 0.5) is 0 Å². The Morgan fingerprint density at radius 1 is 1.50 bits per heavy atom. The molecule has 0 aliphatic carbocycles. The number of piperidine rings is 1. The summed E-state index contributed by atoms with van der Waals surface area (Å²) in [4.78, 5) is 13.9. The maximum absolute atomic E-state index is 11.5. The minimum Gasteiger partial charge on any atom is -0.381 e. The smallest absolute Gasteiger partial charge is 0.236 e. The molecule has 1 fully saturated rings. The predicted octanol–water partition coefficient (Wildman–Crippen LogP) is 0.339. The van der Waals surface area contributed by atoms with Crippen molar-refractivity contribution in [3.63, 3.8) is 0 Å². The molecule has 1 aliphatic rings. The van der Waals surface area contributed by atoms with E-state index in [0.717, 1.165) is 25.9 Å². The second-order valence-corrected chi connectivity index (χ2v) is 5.74. The van der Waals surface area contributed by atoms with Crippen LogP contribution in [-0.4, -0.2) is 55.2 Å². The van der Waals surface area contributed by atoms with E-state index in [-0.39, 0.29) is 11.4 Å². The second-order valence-electron chi connectivity index (χ2n) is 5.74. The van der Waals surface area contributed by atoms with Crippen LogP contribution in [0.25, 0.3) is 0 Å². The van der Waals surface area contributed by atoms with Gasteiger partial charge >= 0.3 is 0 Å². The fraction of sp³-hybridized carbons (Fsp3) is 0.923. The summed E-state index contributed by atoms with van der Waals surface area (Å²) in [5.41, 5.74) is 5.50. The van der Waals surface area contributed by atoms with E-state index < -0.39 is 6.04 Å². The summed E-state index contributed by atoms with van der Waals surface area (Å²) in [6.45, 7) is 8.67. The van der Waals surface area contributed by atoms with Crippen molar-refractivity contribution in [1.29, 1.82) is 0 Å². The monoisotopic (exact) mass is 257 g/mol. The van der Waals surface area contributed by atoms with Crippen molar-refractivity contribution in [2.75, 3.05) is 26.7 Å². The molecule has 18 heavy (non-hydrogen) atoms. The molecule has 1 saturated heterocycles. The zero-order chi connectivity index (χ0) is 13.8. The third-order valence-electron chi connectivity index (χ3n) is 3.74. The number of methoxy groups -OCH3 is 1. The Bertz CT molecular complexity index is 271. The summed E-state index contributed by atoms with van der Waals surface area (Å²) in [6.07, 6.45) is 2.50. The second kappa shape index (κ2) is 6.50. The summed E-state index contributed by atoms with van der Waals surface area (Å²) < 4.78 is 5.37. The molecule has 0 unspecified atom stereocenters. The van der Waals surface area contributed by atoms with Crippen LogP contribution in [0, 0.1) is 0 Å². The lowest BCUT2D eigenvalue weighted by Gasteiger charge is -2.42. The van der Waals surface area contributed by atoms with Crippen LogP contribution in [0.3, 0.4) is 0 Å². The molecule has 5 heteroatoms. The number of hydrogen-bond acceptors (Lipinski definition) is 4. The molecule has 0 aromatic heterocycles. The summed E-state index contributed by atoms with van der Waals surface area (Å²) in [6, 6.07) is -0.444. The first kappa shape index (κ1) is 15.4. The SMILES string of the molecule is COC1CCN(C(C)(C)CNC(=O)[C@@H](C)N)CC1. The van der Waals surface area contributed by atoms with Gasteiger partial charge in [-0.3, -0.25) is 9.69 Å². The molecule has 0 spiro atoms. The summed E-state index contributed by atoms with van der Waals surface area (Å²) in [5, 5.41) is 2.91. The summed E-state index contributed by atoms with van der Waals surface area (Å²) >= 11 is 0. The first-order chi connectivity index (χ1) is 8.36. The maximum atomic E-state index is 11.5. The summed E-state index contributed by atoms with van der Waals surface area (Å²) in [7, 11) is 1.77. The molecule has 0 bridgehead atoms. The molecule has 1 rings (SSSR count). The van der Waals surface area contributed by atoms with Crippen LogP contribution < -0.4 is 11.1 Å². The maximum Gasteiger partial charge on any atom is 0.236 e. The first-order valence-electron chi connectivity index (χ1n) is 6.68. The van der Waals surface area contributed by atoms with Gasteiger partial charge in [0, 0.05) is 32.3 Å². The summed E-state index contributed by atoms with van der Waals surface area (Å²) in [5.74, 6) is -0.0881. The number of rotatable bonds is 5. The van der Waals surface area contributed by atoms with Crippen molar-refractivity contribution >= 4 is 5.91 Å². The van der Waals surface area contributed by atoms with Gasteiger partial charge in [0.05, 0.1) is 12.1 Å². The quantitative estimate of drug-likeness (QED) is 0.745. The van der Waals surface area contributed by atoms with Crippen LogP contribution in [-0.2, 0) is 9.53 Å². The van der Waals surface area contributed by atoms with Crippen molar-refractivity contribution in [3.8, 4) is 0 Å². The standard InChI is InChI=1S/C13H27N3O2/c1-10(14)12(17)15-9-13(2,3)16-7-5-11(18-4)6-8-16/h10-11H,5-9,14H2,1-4H3,(H,15,17)/t10-/m1/s1. The van der Waals surface area contributed by atoms with Crippen LogP contribution in [0.1, 0.15) is 33.6 Å². The van der Waals surface area contributed by atoms with E-state index in [1.807, 2.05) is 0 Å². The van der Waals surface area contributed by atoms with Gasteiger partial charge < -0.3 is 15.8 Å². The van der Waals surface area contributed by atoms with E-state index in [2.05, 4.69) is 24.1 Å². The molecular weight excluding hydrogens is 230 g/mol. The van der Waals surface area contributed by atoms with Crippen molar-refractivity contribution in [1.82, 2.24) is 10.2 Å². The molecule has 1 atom stereocenters. The fourth-order valence-corrected chi connectivity index (χ4v) is 2.27. The number of hydrogen-bond donors (Lipinski definition) is 2. The molecule has 0 aromatic rings. The normalized spacial score (nSPS) is 20.7. The van der Waals surface area contributed by atoms with Crippen molar-refractivity contribution in [2.24, 2.45) is 5.73 Å². The van der Waals surface area contributed by atoms with Crippen LogP contribution >= 0.6 is 0 Å². The zero-order valence-corrected chi connectivity index (χ0v) is 12.0. The van der Waals surface area contributed by atoms with Gasteiger partial charge in [0.25, 0.3) is 0 Å². The van der Waals surface area contributed by atoms with E-state index in [1.54, 1.807) is 14.0 Å². The number of nitrogens with one attached hydrogen (secondary N) is 1. The number of likely N-dealkylation sites (tertiary alicyclic amines) is 1. The highest BCUT2D eigenvalue weighted by Gasteiger charge is 2.31. The fourth-order valence-electron chi connectivity index (χ4n) is 2.27. The minimum absolute atomic E-state index is 0.0384. The number of carbonyl (C=O) groups is 1. The number of ether oxygens (including phenoxy) is 1. The Morgan fingerprint density at radius 3 is 2.50 bits per heavy atom. The number of nitrogens with zero attached hydrogens (tertiary/aromatic N) is 1. The number of nitrogens with two attached hydrogens (primary N) is 1. The predicted molar refractivity (Wildman–Crippen MR) is 72.3 cm³/mol. The molecule has 3 N–H and O–H groups in total. The lowest BCUT2D eigenvalue weighted by Crippen LogP contribution is -2.56. The first-order valence-corrected chi connectivity index (χ1v) is 6.68. The lowest BCUT2D eigenvalue weighted by molar-refractivity contribution is -0.122. The van der Waals surface area contributed by atoms with Crippen LogP contribution in [0.2, 0.25) is 0 Å². The van der Waals surface area contributed by atoms with Gasteiger partial charge in [0.1, 0.15) is 0 Å². The van der Waals surface area contributed by atoms with Crippen molar-refractivity contribution < 1.29 is 9.53 Å². The average molecular weight is 257 g/mol. The topological polar surface area (TPSA) is 67.6 Å². The van der Waals surface area contributed by atoms with Crippen molar-refractivity contribution in [2.45, 2.75) is 51.3 Å². The Labute approximate surface area is 110 Å². The van der Waals surface area contributed by atoms with Gasteiger partial charge in [-0.15, -0.1) is 0 Å². The lowest BCUT2D eigenvalue weighted by atomic mass is 9.97. The average Bonchev–Trinajstić information content (AvgIpc) is 2.36. The molecule has 0 radical (unpaired) electrons. The van der Waals surface area contributed by atoms with E-state index in [0.29, 0.717) is 12.6 Å². The Morgan fingerprint density at radius 2 is 2.06 bits per heavy atom. The van der Waals surface area contributed by atoms with Crippen LogP contribution in [0.5, 0.6) is 0 Å². The van der Waals surface area contributed by atoms with E-state index in [9.17, 15) is 4.79 Å². The van der Waals surface area contributed by atoms with Gasteiger partial charge in [0.2, 0.25) is 5.91 Å². The number of amides is 1. The Balaban J connectivity index is 2.41. The van der Waals surface area contributed by atoms with Gasteiger partial charge in [-0.05, 0) is 33.6 Å². The third-order valence-corrected chi connectivity index (χ3v) is 3.74. The molecule has 0 saturated carbocycles. The van der Waals surface area contributed by atoms with E-state index in [4.69, 9.17) is 10.5 Å². The number of carbonyl (C=O) groups excluding carboxylic acids is 1. The highest BCUT2D eigenvalue weighted by atomic mass is 16.5. The highest BCUT2D eigenvalue weighted by molar-refractivity contribution is 5.81. The zero-order valence-electron chi connectivity index (χ0n) is 12.0. The van der Waals surface area contributed by atoms with E-state index >= 15 is 0 Å². The third kappa shape index (κ3) is 4.23. The van der Waals surface area contributed by atoms with Gasteiger partial charge in [-0.25, -0.2) is 0 Å². The molecule has 1 aliphatic heterocycles. The molecule has 0 aromatic carbocycles. The van der Waals surface area contributed by atoms with Crippen LogP contribution in [0.15, 0.2) is 0 Å². The van der Waals surface area contributed by atoms with E-state index in [1.165, 1.54) is 0 Å². The van der Waals surface area contributed by atoms with Gasteiger partial charge in [-0.1, -0.05) is 0 Å². The van der Waals surface area contributed by atoms with Gasteiger partial charge in [0.15, 0.2) is 0 Å². The molecule has 1 amide bonds. The Hall–Kier alpha value is -0.650. The molecule has 106 valence electrons. The minimum atomic E-state index is -0.444. The Kier molecular flexibility index (Phi) is 5.56. The molecule has 1 heterocycles. The largest absolute Gasteiger partial charge is 0.381 e.